The molecule has 3 heteroatoms. The van der Waals surface area contributed by atoms with Gasteiger partial charge >= 0.3 is 0 Å². The second-order valence-corrected chi connectivity index (χ2v) is 0.469. The lowest BCUT2D eigenvalue weighted by Crippen LogP contribution is -1.52. The molecule has 48 valence electrons. The van der Waals surface area contributed by atoms with Gasteiger partial charge in [0.2, 0.25) is 0 Å². The monoisotopic (exact) mass is 118 g/mol. The molecule has 0 bridgehead atoms. The Morgan fingerprint density at radius 2 is 1.38 bits per heavy atom. The Kier molecular flexibility index (Phi) is 77.1. The van der Waals surface area contributed by atoms with Crippen molar-refractivity contribution in [2.45, 2.75) is 0 Å². The van der Waals surface area contributed by atoms with E-state index in [-0.39, 0.29) is 5.48 Å². The highest BCUT2D eigenvalue weighted by molar-refractivity contribution is 5.10. The Balaban J connectivity index is -0.0000000750. The van der Waals surface area contributed by atoms with Crippen molar-refractivity contribution in [2.75, 3.05) is 0 Å². The van der Waals surface area contributed by atoms with Gasteiger partial charge in [0.25, 0.3) is 0 Å². The molecule has 0 saturated carbocycles. The summed E-state index contributed by atoms with van der Waals surface area (Å²) >= 11 is 0. The second kappa shape index (κ2) is 39.1. The fourth-order valence-corrected chi connectivity index (χ4v) is 0.0680. The smallest absolute Gasteiger partial charge is 0.106 e. The molecule has 0 aromatic carbocycles. The summed E-state index contributed by atoms with van der Waals surface area (Å²) < 4.78 is 4.36. The third-order valence-corrected chi connectivity index (χ3v) is 0.192. The largest absolute Gasteiger partial charge is 0.474 e. The number of hydrogen-bond acceptors (Lipinski definition) is 2. The third-order valence-electron chi connectivity index (χ3n) is 0.192. The van der Waals surface area contributed by atoms with Gasteiger partial charge in [-0.1, -0.05) is 13.2 Å². The Labute approximate surface area is 48.6 Å². The van der Waals surface area contributed by atoms with E-state index < -0.39 is 0 Å². The Bertz CT molecular complexity index is 45.6. The van der Waals surface area contributed by atoms with Crippen LogP contribution in [0.25, 0.3) is 0 Å². The number of hydrogen-bond donors (Lipinski definition) is 0. The molecule has 0 atom stereocenters. The minimum absolute atomic E-state index is 0. The summed E-state index contributed by atoms with van der Waals surface area (Å²) in [5.41, 5.74) is 0. The first-order chi connectivity index (χ1) is 3.41. The predicted octanol–water partition coefficient (Wildman–Crippen LogP) is 0.280. The maximum Gasteiger partial charge on any atom is 0.106 e. The van der Waals surface area contributed by atoms with Crippen molar-refractivity contribution in [1.82, 2.24) is 0 Å². The minimum Gasteiger partial charge on any atom is -0.474 e. The van der Waals surface area contributed by atoms with Gasteiger partial charge in [0.05, 0.1) is 12.5 Å². The molecule has 8 heavy (non-hydrogen) atoms. The van der Waals surface area contributed by atoms with E-state index in [9.17, 15) is 0 Å². The van der Waals surface area contributed by atoms with Gasteiger partial charge in [-0.25, -0.2) is 0 Å². The van der Waals surface area contributed by atoms with Crippen LogP contribution in [0, 0.1) is 0 Å². The first-order valence-electron chi connectivity index (χ1n) is 1.58. The van der Waals surface area contributed by atoms with Crippen LogP contribution in [-0.4, -0.2) is 12.3 Å². The fraction of sp³-hybridized carbons (Fsp3) is 0. The number of carbonyl (C=O) groups is 1. The molecule has 0 radical (unpaired) electrons. The van der Waals surface area contributed by atoms with Crippen LogP contribution >= 0.6 is 0 Å². The molecule has 2 N–H and O–H groups in total. The van der Waals surface area contributed by atoms with Crippen molar-refractivity contribution < 1.29 is 15.0 Å². The van der Waals surface area contributed by atoms with E-state index in [1.54, 1.807) is 0 Å². The molecule has 0 heterocycles. The van der Waals surface area contributed by atoms with Crippen LogP contribution in [-0.2, 0) is 9.53 Å². The summed E-state index contributed by atoms with van der Waals surface area (Å²) in [7, 11) is 0. The van der Waals surface area contributed by atoms with E-state index in [4.69, 9.17) is 4.79 Å². The standard InChI is InChI=1S/C4H6O.CH2O.H2O/c1-3-5-4-2;1-2;/h3-4H,1-2H2;1H2;1H2. The van der Waals surface area contributed by atoms with Gasteiger partial charge in [-0.2, -0.15) is 0 Å². The molecule has 0 spiro atoms. The summed E-state index contributed by atoms with van der Waals surface area (Å²) in [4.78, 5) is 8.00. The van der Waals surface area contributed by atoms with E-state index in [0.29, 0.717) is 0 Å². The van der Waals surface area contributed by atoms with Crippen LogP contribution in [0.4, 0.5) is 0 Å². The lowest BCUT2D eigenvalue weighted by Gasteiger charge is -1.76. The Morgan fingerprint density at radius 3 is 1.38 bits per heavy atom. The molecule has 0 aliphatic carbocycles. The zero-order valence-corrected chi connectivity index (χ0v) is 4.59. The summed E-state index contributed by atoms with van der Waals surface area (Å²) in [5.74, 6) is 0. The molecule has 0 unspecified atom stereocenters. The number of carbonyl (C=O) groups excluding carboxylic acids is 1. The highest BCUT2D eigenvalue weighted by Gasteiger charge is 1.45. The van der Waals surface area contributed by atoms with Crippen LogP contribution in [0.1, 0.15) is 0 Å². The Morgan fingerprint density at radius 1 is 1.12 bits per heavy atom. The highest BCUT2D eigenvalue weighted by atomic mass is 16.5. The van der Waals surface area contributed by atoms with Crippen molar-refractivity contribution in [2.24, 2.45) is 0 Å². The molecule has 0 fully saturated rings. The normalized spacial score (nSPS) is 4.00. The average molecular weight is 118 g/mol. The highest BCUT2D eigenvalue weighted by Crippen LogP contribution is 1.65. The molecular weight excluding hydrogens is 108 g/mol. The summed E-state index contributed by atoms with van der Waals surface area (Å²) in [6, 6.07) is 0. The molecule has 0 amide bonds. The summed E-state index contributed by atoms with van der Waals surface area (Å²) in [5, 5.41) is 0. The molecule has 0 aromatic heterocycles. The molecule has 0 aliphatic rings. The van der Waals surface area contributed by atoms with Gasteiger partial charge in [0.1, 0.15) is 6.79 Å². The average Bonchev–Trinajstić information content (AvgIpc) is 1.75. The quantitative estimate of drug-likeness (QED) is 0.489. The molecular formula is C5H10O3. The van der Waals surface area contributed by atoms with Crippen molar-refractivity contribution in [3.63, 3.8) is 0 Å². The lowest BCUT2D eigenvalue weighted by atomic mass is 11.1. The van der Waals surface area contributed by atoms with E-state index in [0.717, 1.165) is 0 Å². The minimum atomic E-state index is 0. The lowest BCUT2D eigenvalue weighted by molar-refractivity contribution is -0.0979. The van der Waals surface area contributed by atoms with Gasteiger partial charge in [0, 0.05) is 0 Å². The third kappa shape index (κ3) is 90.6. The van der Waals surface area contributed by atoms with Gasteiger partial charge in [-0.3, -0.25) is 0 Å². The first kappa shape index (κ1) is 15.8. The SMILES string of the molecule is C=COC=C.C=O.O. The first-order valence-corrected chi connectivity index (χ1v) is 1.58. The van der Waals surface area contributed by atoms with Gasteiger partial charge in [-0.15, -0.1) is 0 Å². The van der Waals surface area contributed by atoms with Crippen molar-refractivity contribution in [3.05, 3.63) is 25.7 Å². The molecule has 0 saturated heterocycles. The topological polar surface area (TPSA) is 57.8 Å². The van der Waals surface area contributed by atoms with Crippen LogP contribution in [0.3, 0.4) is 0 Å². The maximum absolute atomic E-state index is 8.00. The van der Waals surface area contributed by atoms with Crippen LogP contribution in [0.15, 0.2) is 25.7 Å². The van der Waals surface area contributed by atoms with Crippen molar-refractivity contribution >= 4 is 6.79 Å². The van der Waals surface area contributed by atoms with E-state index in [1.165, 1.54) is 12.5 Å². The van der Waals surface area contributed by atoms with E-state index in [1.807, 2.05) is 6.79 Å². The summed E-state index contributed by atoms with van der Waals surface area (Å²) in [6.07, 6.45) is 2.62. The van der Waals surface area contributed by atoms with E-state index >= 15 is 0 Å². The van der Waals surface area contributed by atoms with Crippen molar-refractivity contribution in [1.29, 1.82) is 0 Å². The van der Waals surface area contributed by atoms with Crippen molar-refractivity contribution in [3.8, 4) is 0 Å². The van der Waals surface area contributed by atoms with Crippen LogP contribution in [0.2, 0.25) is 0 Å². The van der Waals surface area contributed by atoms with E-state index in [2.05, 4.69) is 17.9 Å². The number of ether oxygens (including phenoxy) is 1. The molecule has 0 rings (SSSR count). The fourth-order valence-electron chi connectivity index (χ4n) is 0.0680. The molecule has 0 aliphatic heterocycles. The molecule has 3 nitrogen and oxygen atoms in total. The zero-order chi connectivity index (χ0) is 6.12. The predicted molar refractivity (Wildman–Crippen MR) is 32.2 cm³/mol. The van der Waals surface area contributed by atoms with Gasteiger partial charge in [-0.05, 0) is 0 Å². The zero-order valence-electron chi connectivity index (χ0n) is 4.59. The van der Waals surface area contributed by atoms with Gasteiger partial charge in [0.15, 0.2) is 0 Å². The van der Waals surface area contributed by atoms with Crippen LogP contribution < -0.4 is 0 Å². The molecule has 0 aromatic rings. The Hall–Kier alpha value is -1.09. The second-order valence-electron chi connectivity index (χ2n) is 0.469. The van der Waals surface area contributed by atoms with Crippen LogP contribution in [0.5, 0.6) is 0 Å². The summed E-state index contributed by atoms with van der Waals surface area (Å²) in [6.45, 7) is 8.51. The number of rotatable bonds is 2. The maximum atomic E-state index is 8.00. The van der Waals surface area contributed by atoms with Gasteiger partial charge < -0.3 is 15.0 Å².